The number of anilines is 1. The van der Waals surface area contributed by atoms with Gasteiger partial charge in [-0.2, -0.15) is 0 Å². The Morgan fingerprint density at radius 1 is 1.29 bits per heavy atom. The summed E-state index contributed by atoms with van der Waals surface area (Å²) in [5, 5.41) is 0. The molecular formula is C16H22N4O. The number of fused-ring (bicyclic) bond motifs is 1. The molecule has 2 aromatic heterocycles. The van der Waals surface area contributed by atoms with E-state index in [4.69, 9.17) is 0 Å². The SMILES string of the molecule is CC(C)N1CCN(c2cc(=O)n3ccccc3n2)C[C@H]1C. The molecule has 0 bridgehead atoms. The van der Waals surface area contributed by atoms with E-state index < -0.39 is 0 Å². The van der Waals surface area contributed by atoms with E-state index in [0.717, 1.165) is 25.5 Å². The fourth-order valence-corrected chi connectivity index (χ4v) is 3.15. The van der Waals surface area contributed by atoms with Crippen molar-refractivity contribution in [3.05, 3.63) is 40.8 Å². The minimum atomic E-state index is -0.0189. The number of hydrogen-bond donors (Lipinski definition) is 0. The maximum absolute atomic E-state index is 12.2. The predicted molar refractivity (Wildman–Crippen MR) is 85.0 cm³/mol. The molecule has 1 atom stereocenters. The highest BCUT2D eigenvalue weighted by molar-refractivity contribution is 5.48. The van der Waals surface area contributed by atoms with Crippen molar-refractivity contribution in [2.75, 3.05) is 24.5 Å². The second-order valence-electron chi connectivity index (χ2n) is 6.01. The summed E-state index contributed by atoms with van der Waals surface area (Å²) in [5.74, 6) is 0.793. The van der Waals surface area contributed by atoms with Gasteiger partial charge in [0.25, 0.3) is 5.56 Å². The van der Waals surface area contributed by atoms with Crippen molar-refractivity contribution in [1.82, 2.24) is 14.3 Å². The molecule has 2 aromatic rings. The van der Waals surface area contributed by atoms with Crippen LogP contribution < -0.4 is 10.5 Å². The van der Waals surface area contributed by atoms with Gasteiger partial charge in [0.2, 0.25) is 0 Å². The highest BCUT2D eigenvalue weighted by atomic mass is 16.1. The van der Waals surface area contributed by atoms with Gasteiger partial charge in [-0.15, -0.1) is 0 Å². The van der Waals surface area contributed by atoms with Crippen molar-refractivity contribution >= 4 is 11.5 Å². The van der Waals surface area contributed by atoms with Gasteiger partial charge in [-0.1, -0.05) is 6.07 Å². The van der Waals surface area contributed by atoms with Gasteiger partial charge >= 0.3 is 0 Å². The molecule has 0 unspecified atom stereocenters. The molecule has 1 saturated heterocycles. The number of piperazine rings is 1. The Labute approximate surface area is 124 Å². The molecule has 0 spiro atoms. The van der Waals surface area contributed by atoms with E-state index in [1.165, 1.54) is 0 Å². The topological polar surface area (TPSA) is 40.9 Å². The van der Waals surface area contributed by atoms with Crippen LogP contribution >= 0.6 is 0 Å². The average Bonchev–Trinajstić information content (AvgIpc) is 2.46. The number of nitrogens with zero attached hydrogens (tertiary/aromatic N) is 4. The van der Waals surface area contributed by atoms with Crippen LogP contribution in [0, 0.1) is 0 Å². The van der Waals surface area contributed by atoms with Crippen molar-refractivity contribution in [2.45, 2.75) is 32.9 Å². The van der Waals surface area contributed by atoms with Gasteiger partial charge < -0.3 is 4.90 Å². The summed E-state index contributed by atoms with van der Waals surface area (Å²) in [6, 6.07) is 8.29. The monoisotopic (exact) mass is 286 g/mol. The van der Waals surface area contributed by atoms with E-state index in [2.05, 4.69) is 35.6 Å². The number of pyridine rings is 1. The summed E-state index contributed by atoms with van der Waals surface area (Å²) < 4.78 is 1.58. The highest BCUT2D eigenvalue weighted by Crippen LogP contribution is 2.18. The van der Waals surface area contributed by atoms with Gasteiger partial charge in [0.15, 0.2) is 0 Å². The first-order valence-electron chi connectivity index (χ1n) is 7.55. The van der Waals surface area contributed by atoms with Gasteiger partial charge in [-0.3, -0.25) is 14.1 Å². The summed E-state index contributed by atoms with van der Waals surface area (Å²) in [5.41, 5.74) is 0.688. The van der Waals surface area contributed by atoms with Crippen LogP contribution in [0.15, 0.2) is 35.3 Å². The Bertz CT molecular complexity index is 694. The van der Waals surface area contributed by atoms with Crippen molar-refractivity contribution in [3.63, 3.8) is 0 Å². The van der Waals surface area contributed by atoms with Crippen LogP contribution in [0.2, 0.25) is 0 Å². The average molecular weight is 286 g/mol. The minimum Gasteiger partial charge on any atom is -0.354 e. The van der Waals surface area contributed by atoms with Crippen molar-refractivity contribution in [1.29, 1.82) is 0 Å². The largest absolute Gasteiger partial charge is 0.354 e. The first-order valence-corrected chi connectivity index (χ1v) is 7.55. The molecule has 1 aliphatic heterocycles. The van der Waals surface area contributed by atoms with Gasteiger partial charge in [0.1, 0.15) is 11.5 Å². The Kier molecular flexibility index (Phi) is 3.68. The Morgan fingerprint density at radius 2 is 2.10 bits per heavy atom. The molecule has 0 saturated carbocycles. The van der Waals surface area contributed by atoms with Crippen LogP contribution in [0.3, 0.4) is 0 Å². The lowest BCUT2D eigenvalue weighted by atomic mass is 10.1. The quantitative estimate of drug-likeness (QED) is 0.841. The molecule has 1 fully saturated rings. The van der Waals surface area contributed by atoms with Crippen LogP contribution in [0.1, 0.15) is 20.8 Å². The molecular weight excluding hydrogens is 264 g/mol. The Balaban J connectivity index is 1.90. The van der Waals surface area contributed by atoms with Crippen LogP contribution in [-0.2, 0) is 0 Å². The van der Waals surface area contributed by atoms with E-state index in [9.17, 15) is 4.79 Å². The molecule has 1 aliphatic rings. The fraction of sp³-hybridized carbons (Fsp3) is 0.500. The molecule has 0 aromatic carbocycles. The van der Waals surface area contributed by atoms with Crippen LogP contribution in [-0.4, -0.2) is 46.0 Å². The zero-order valence-corrected chi connectivity index (χ0v) is 12.9. The standard InChI is InChI=1S/C16H22N4O/c1-12(2)19-9-8-18(11-13(19)3)15-10-16(21)20-7-5-4-6-14(20)17-15/h4-7,10,12-13H,8-9,11H2,1-3H3/t13-/m1/s1. The third-order valence-corrected chi connectivity index (χ3v) is 4.22. The Hall–Kier alpha value is -1.88. The number of hydrogen-bond acceptors (Lipinski definition) is 4. The van der Waals surface area contributed by atoms with Gasteiger partial charge in [0.05, 0.1) is 0 Å². The lowest BCUT2D eigenvalue weighted by Crippen LogP contribution is -2.54. The minimum absolute atomic E-state index is 0.0189. The van der Waals surface area contributed by atoms with E-state index >= 15 is 0 Å². The fourth-order valence-electron chi connectivity index (χ4n) is 3.15. The van der Waals surface area contributed by atoms with E-state index in [1.807, 2.05) is 18.2 Å². The maximum Gasteiger partial charge on any atom is 0.259 e. The van der Waals surface area contributed by atoms with Crippen molar-refractivity contribution in [3.8, 4) is 0 Å². The third-order valence-electron chi connectivity index (χ3n) is 4.22. The molecule has 3 heterocycles. The molecule has 5 heteroatoms. The zero-order chi connectivity index (χ0) is 15.0. The van der Waals surface area contributed by atoms with Crippen molar-refractivity contribution < 1.29 is 0 Å². The predicted octanol–water partition coefficient (Wildman–Crippen LogP) is 1.61. The number of rotatable bonds is 2. The summed E-state index contributed by atoms with van der Waals surface area (Å²) in [7, 11) is 0. The third kappa shape index (κ3) is 2.65. The normalized spacial score (nSPS) is 20.4. The highest BCUT2D eigenvalue weighted by Gasteiger charge is 2.26. The van der Waals surface area contributed by atoms with Crippen molar-refractivity contribution in [2.24, 2.45) is 0 Å². The first-order chi connectivity index (χ1) is 10.1. The van der Waals surface area contributed by atoms with E-state index in [1.54, 1.807) is 16.7 Å². The summed E-state index contributed by atoms with van der Waals surface area (Å²) >= 11 is 0. The lowest BCUT2D eigenvalue weighted by Gasteiger charge is -2.42. The molecule has 3 rings (SSSR count). The summed E-state index contributed by atoms with van der Waals surface area (Å²) in [6.07, 6.45) is 1.76. The number of aromatic nitrogens is 2. The molecule has 0 N–H and O–H groups in total. The zero-order valence-electron chi connectivity index (χ0n) is 12.9. The van der Waals surface area contributed by atoms with E-state index in [-0.39, 0.29) is 5.56 Å². The molecule has 21 heavy (non-hydrogen) atoms. The van der Waals surface area contributed by atoms with Crippen LogP contribution in [0.25, 0.3) is 5.65 Å². The second-order valence-corrected chi connectivity index (χ2v) is 6.01. The first kappa shape index (κ1) is 14.1. The maximum atomic E-state index is 12.2. The second kappa shape index (κ2) is 5.48. The van der Waals surface area contributed by atoms with Gasteiger partial charge in [0, 0.05) is 44.0 Å². The lowest BCUT2D eigenvalue weighted by molar-refractivity contribution is 0.148. The van der Waals surface area contributed by atoms with E-state index in [0.29, 0.717) is 17.7 Å². The Morgan fingerprint density at radius 3 is 2.81 bits per heavy atom. The molecule has 0 amide bonds. The van der Waals surface area contributed by atoms with Gasteiger partial charge in [-0.05, 0) is 32.9 Å². The summed E-state index contributed by atoms with van der Waals surface area (Å²) in [4.78, 5) is 21.5. The smallest absolute Gasteiger partial charge is 0.259 e. The molecule has 0 aliphatic carbocycles. The molecule has 5 nitrogen and oxygen atoms in total. The molecule has 0 radical (unpaired) electrons. The van der Waals surface area contributed by atoms with Crippen LogP contribution in [0.5, 0.6) is 0 Å². The van der Waals surface area contributed by atoms with Crippen LogP contribution in [0.4, 0.5) is 5.82 Å². The van der Waals surface area contributed by atoms with Gasteiger partial charge in [-0.25, -0.2) is 4.98 Å². The molecule has 112 valence electrons. The summed E-state index contributed by atoms with van der Waals surface area (Å²) in [6.45, 7) is 9.53.